The lowest BCUT2D eigenvalue weighted by Crippen LogP contribution is -2.38. The number of rotatable bonds is 2. The molecular formula is C16H21NO3. The summed E-state index contributed by atoms with van der Waals surface area (Å²) in [6.07, 6.45) is 4.71. The van der Waals surface area contributed by atoms with Gasteiger partial charge in [0.1, 0.15) is 6.10 Å². The Morgan fingerprint density at radius 3 is 2.60 bits per heavy atom. The molecule has 4 nitrogen and oxygen atoms in total. The van der Waals surface area contributed by atoms with Gasteiger partial charge in [-0.1, -0.05) is 20.8 Å². The number of H-pyrrole nitrogens is 1. The van der Waals surface area contributed by atoms with Crippen molar-refractivity contribution < 1.29 is 9.53 Å². The number of hydrogen-bond acceptors (Lipinski definition) is 3. The van der Waals surface area contributed by atoms with Gasteiger partial charge in [0, 0.05) is 17.7 Å². The number of carbonyl (C=O) groups excluding carboxylic acids is 1. The Bertz CT molecular complexity index is 583. The monoisotopic (exact) mass is 275 g/mol. The van der Waals surface area contributed by atoms with E-state index in [0.29, 0.717) is 11.5 Å². The van der Waals surface area contributed by atoms with Gasteiger partial charge in [-0.25, -0.2) is 4.79 Å². The molecule has 1 aromatic heterocycles. The molecule has 0 aliphatic heterocycles. The van der Waals surface area contributed by atoms with Crippen LogP contribution in [0.15, 0.2) is 23.1 Å². The van der Waals surface area contributed by atoms with Crippen LogP contribution < -0.4 is 5.56 Å². The van der Waals surface area contributed by atoms with E-state index in [1.165, 1.54) is 24.8 Å². The molecule has 1 aromatic rings. The maximum Gasteiger partial charge on any atom is 0.339 e. The van der Waals surface area contributed by atoms with Crippen molar-refractivity contribution in [2.45, 2.75) is 46.1 Å². The van der Waals surface area contributed by atoms with E-state index in [1.54, 1.807) is 0 Å². The van der Waals surface area contributed by atoms with E-state index in [2.05, 4.69) is 25.8 Å². The molecule has 3 unspecified atom stereocenters. The van der Waals surface area contributed by atoms with Crippen LogP contribution in [-0.2, 0) is 4.74 Å². The zero-order valence-electron chi connectivity index (χ0n) is 12.2. The number of esters is 1. The number of aromatic amines is 1. The molecule has 108 valence electrons. The number of ether oxygens (including phenoxy) is 1. The van der Waals surface area contributed by atoms with Crippen LogP contribution >= 0.6 is 0 Å². The summed E-state index contributed by atoms with van der Waals surface area (Å²) < 4.78 is 5.75. The Morgan fingerprint density at radius 1 is 1.35 bits per heavy atom. The van der Waals surface area contributed by atoms with Gasteiger partial charge in [0.05, 0.1) is 5.56 Å². The number of hydrogen-bond donors (Lipinski definition) is 1. The summed E-state index contributed by atoms with van der Waals surface area (Å²) in [5.41, 5.74) is 0.488. The lowest BCUT2D eigenvalue weighted by molar-refractivity contribution is -0.0242. The Kier molecular flexibility index (Phi) is 2.82. The zero-order valence-corrected chi connectivity index (χ0v) is 12.2. The van der Waals surface area contributed by atoms with Gasteiger partial charge in [0.2, 0.25) is 5.56 Å². The molecular weight excluding hydrogens is 254 g/mol. The highest BCUT2D eigenvalue weighted by Gasteiger charge is 2.62. The first-order valence-electron chi connectivity index (χ1n) is 7.24. The van der Waals surface area contributed by atoms with Crippen molar-refractivity contribution in [2.75, 3.05) is 0 Å². The van der Waals surface area contributed by atoms with E-state index in [1.807, 2.05) is 0 Å². The average molecular weight is 275 g/mol. The zero-order chi connectivity index (χ0) is 14.5. The highest BCUT2D eigenvalue weighted by molar-refractivity contribution is 5.89. The van der Waals surface area contributed by atoms with Gasteiger partial charge in [-0.15, -0.1) is 0 Å². The van der Waals surface area contributed by atoms with E-state index in [-0.39, 0.29) is 28.5 Å². The molecule has 2 aliphatic rings. The molecule has 1 heterocycles. The van der Waals surface area contributed by atoms with Crippen LogP contribution in [-0.4, -0.2) is 17.1 Å². The highest BCUT2D eigenvalue weighted by Crippen LogP contribution is 2.66. The van der Waals surface area contributed by atoms with E-state index < -0.39 is 0 Å². The third-order valence-electron chi connectivity index (χ3n) is 5.98. The fraction of sp³-hybridized carbons (Fsp3) is 0.625. The summed E-state index contributed by atoms with van der Waals surface area (Å²) >= 11 is 0. The molecule has 0 saturated heterocycles. The van der Waals surface area contributed by atoms with Crippen LogP contribution in [0.4, 0.5) is 0 Å². The van der Waals surface area contributed by atoms with Gasteiger partial charge < -0.3 is 9.72 Å². The fourth-order valence-corrected chi connectivity index (χ4v) is 4.04. The molecule has 1 N–H and O–H groups in total. The second-order valence-electron chi connectivity index (χ2n) is 6.95. The van der Waals surface area contributed by atoms with Gasteiger partial charge in [0.15, 0.2) is 0 Å². The predicted octanol–water partition coefficient (Wildman–Crippen LogP) is 2.75. The quantitative estimate of drug-likeness (QED) is 0.844. The van der Waals surface area contributed by atoms with Crippen molar-refractivity contribution in [1.29, 1.82) is 0 Å². The Morgan fingerprint density at radius 2 is 2.10 bits per heavy atom. The number of aromatic nitrogens is 1. The van der Waals surface area contributed by atoms with Crippen LogP contribution in [0, 0.1) is 16.7 Å². The predicted molar refractivity (Wildman–Crippen MR) is 75.5 cm³/mol. The number of pyridine rings is 1. The van der Waals surface area contributed by atoms with E-state index in [0.717, 1.165) is 12.8 Å². The first-order chi connectivity index (χ1) is 9.34. The van der Waals surface area contributed by atoms with Crippen molar-refractivity contribution in [2.24, 2.45) is 16.7 Å². The number of fused-ring (bicyclic) bond motifs is 2. The molecule has 2 saturated carbocycles. The summed E-state index contributed by atoms with van der Waals surface area (Å²) in [6, 6.07) is 2.87. The molecule has 0 aromatic carbocycles. The minimum atomic E-state index is -0.337. The molecule has 3 atom stereocenters. The summed E-state index contributed by atoms with van der Waals surface area (Å²) in [5.74, 6) is 0.303. The first-order valence-corrected chi connectivity index (χ1v) is 7.24. The second-order valence-corrected chi connectivity index (χ2v) is 6.95. The van der Waals surface area contributed by atoms with Gasteiger partial charge in [-0.2, -0.15) is 0 Å². The van der Waals surface area contributed by atoms with Gasteiger partial charge >= 0.3 is 5.97 Å². The molecule has 0 amide bonds. The molecule has 2 bridgehead atoms. The van der Waals surface area contributed by atoms with Crippen molar-refractivity contribution >= 4 is 5.97 Å². The van der Waals surface area contributed by atoms with Crippen LogP contribution in [0.2, 0.25) is 0 Å². The summed E-state index contributed by atoms with van der Waals surface area (Å²) in [6.45, 7) is 6.82. The normalized spacial score (nSPS) is 34.1. The second kappa shape index (κ2) is 4.21. The Balaban J connectivity index is 1.78. The molecule has 2 aliphatic carbocycles. The van der Waals surface area contributed by atoms with Crippen molar-refractivity contribution in [3.63, 3.8) is 0 Å². The molecule has 4 heteroatoms. The van der Waals surface area contributed by atoms with Crippen LogP contribution in [0.1, 0.15) is 50.4 Å². The lowest BCUT2D eigenvalue weighted by atomic mass is 9.70. The molecule has 2 fully saturated rings. The largest absolute Gasteiger partial charge is 0.458 e. The fourth-order valence-electron chi connectivity index (χ4n) is 4.04. The van der Waals surface area contributed by atoms with Crippen molar-refractivity contribution in [1.82, 2.24) is 4.98 Å². The molecule has 0 spiro atoms. The lowest BCUT2D eigenvalue weighted by Gasteiger charge is -2.38. The minimum absolute atomic E-state index is 0.0179. The smallest absolute Gasteiger partial charge is 0.339 e. The molecule has 0 radical (unpaired) electrons. The summed E-state index contributed by atoms with van der Waals surface area (Å²) in [7, 11) is 0. The topological polar surface area (TPSA) is 59.2 Å². The third kappa shape index (κ3) is 1.74. The Labute approximate surface area is 118 Å². The Hall–Kier alpha value is -1.58. The summed E-state index contributed by atoms with van der Waals surface area (Å²) in [5, 5.41) is 0. The maximum absolute atomic E-state index is 12.2. The summed E-state index contributed by atoms with van der Waals surface area (Å²) in [4.78, 5) is 25.7. The standard InChI is InChI=1S/C16H21NO3/c1-15(2)11-6-7-16(15,3)12(8-11)20-14(19)10-4-5-13(18)17-9-10/h4-5,9,11-12H,6-8H2,1-3H3,(H,17,18). The number of carbonyl (C=O) groups is 1. The minimum Gasteiger partial charge on any atom is -0.458 e. The van der Waals surface area contributed by atoms with Gasteiger partial charge in [-0.05, 0) is 36.7 Å². The SMILES string of the molecule is CC1(C)C2CCC1(C)C(OC(=O)c1ccc(=O)[nH]c1)C2. The van der Waals surface area contributed by atoms with E-state index >= 15 is 0 Å². The number of nitrogens with one attached hydrogen (secondary N) is 1. The van der Waals surface area contributed by atoms with Crippen LogP contribution in [0.25, 0.3) is 0 Å². The van der Waals surface area contributed by atoms with Crippen LogP contribution in [0.5, 0.6) is 0 Å². The van der Waals surface area contributed by atoms with Crippen molar-refractivity contribution in [3.8, 4) is 0 Å². The maximum atomic E-state index is 12.2. The van der Waals surface area contributed by atoms with Crippen molar-refractivity contribution in [3.05, 3.63) is 34.2 Å². The van der Waals surface area contributed by atoms with Gasteiger partial charge in [0.25, 0.3) is 0 Å². The average Bonchev–Trinajstić information content (AvgIpc) is 2.72. The van der Waals surface area contributed by atoms with E-state index in [4.69, 9.17) is 4.74 Å². The van der Waals surface area contributed by atoms with Crippen LogP contribution in [0.3, 0.4) is 0 Å². The molecule has 3 rings (SSSR count). The molecule has 20 heavy (non-hydrogen) atoms. The van der Waals surface area contributed by atoms with E-state index in [9.17, 15) is 9.59 Å². The highest BCUT2D eigenvalue weighted by atomic mass is 16.5. The third-order valence-corrected chi connectivity index (χ3v) is 5.98. The first kappa shape index (κ1) is 13.4. The van der Waals surface area contributed by atoms with Gasteiger partial charge in [-0.3, -0.25) is 4.79 Å².